The van der Waals surface area contributed by atoms with Crippen molar-refractivity contribution in [3.05, 3.63) is 23.8 Å². The number of nitrogens with two attached hydrogens (primary N) is 1. The Morgan fingerprint density at radius 2 is 2.11 bits per heavy atom. The van der Waals surface area contributed by atoms with Crippen LogP contribution in [0.15, 0.2) is 18.2 Å². The van der Waals surface area contributed by atoms with Gasteiger partial charge in [0.05, 0.1) is 0 Å². The van der Waals surface area contributed by atoms with Crippen LogP contribution in [0.3, 0.4) is 0 Å². The van der Waals surface area contributed by atoms with E-state index in [1.165, 1.54) is 0 Å². The van der Waals surface area contributed by atoms with E-state index in [2.05, 4.69) is 23.8 Å². The number of anilines is 2. The number of Topliss-reactive ketones (excluding diaryl/α,β-unsaturated/α-hetero) is 1. The van der Waals surface area contributed by atoms with Crippen molar-refractivity contribution in [1.29, 1.82) is 0 Å². The fourth-order valence-electron chi connectivity index (χ4n) is 2.57. The molecule has 1 aliphatic heterocycles. The van der Waals surface area contributed by atoms with E-state index < -0.39 is 0 Å². The minimum Gasteiger partial charge on any atom is -0.398 e. The fourth-order valence-corrected chi connectivity index (χ4v) is 2.57. The lowest BCUT2D eigenvalue weighted by molar-refractivity contribution is 0.101. The molecule has 1 atom stereocenters. The number of hydrogen-bond donors (Lipinski definition) is 1. The maximum atomic E-state index is 11.4. The molecule has 0 spiro atoms. The van der Waals surface area contributed by atoms with Crippen LogP contribution >= 0.6 is 0 Å². The molecule has 0 aliphatic carbocycles. The maximum absolute atomic E-state index is 11.4. The standard InChI is InChI=1S/C14H21N3O/c1-10-9-16(3)6-7-17(10)12-4-5-13(11(2)18)14(15)8-12/h4-5,8,10H,6-7,9,15H2,1-3H3. The zero-order valence-electron chi connectivity index (χ0n) is 11.3. The van der Waals surface area contributed by atoms with Crippen molar-refractivity contribution in [2.24, 2.45) is 0 Å². The van der Waals surface area contributed by atoms with Gasteiger partial charge in [0.25, 0.3) is 0 Å². The first-order valence-electron chi connectivity index (χ1n) is 6.34. The largest absolute Gasteiger partial charge is 0.398 e. The fraction of sp³-hybridized carbons (Fsp3) is 0.500. The third-order valence-electron chi connectivity index (χ3n) is 3.58. The molecule has 0 bridgehead atoms. The van der Waals surface area contributed by atoms with E-state index in [4.69, 9.17) is 5.73 Å². The van der Waals surface area contributed by atoms with Crippen molar-refractivity contribution < 1.29 is 4.79 Å². The molecule has 1 heterocycles. The van der Waals surface area contributed by atoms with Gasteiger partial charge in [0.2, 0.25) is 0 Å². The van der Waals surface area contributed by atoms with E-state index in [0.29, 0.717) is 17.3 Å². The summed E-state index contributed by atoms with van der Waals surface area (Å²) in [4.78, 5) is 16.0. The van der Waals surface area contributed by atoms with Crippen molar-refractivity contribution >= 4 is 17.2 Å². The highest BCUT2D eigenvalue weighted by atomic mass is 16.1. The van der Waals surface area contributed by atoms with Crippen LogP contribution < -0.4 is 10.6 Å². The second-order valence-corrected chi connectivity index (χ2v) is 5.13. The van der Waals surface area contributed by atoms with Gasteiger partial charge >= 0.3 is 0 Å². The molecule has 0 saturated carbocycles. The minimum absolute atomic E-state index is 0.0190. The molecule has 1 saturated heterocycles. The summed E-state index contributed by atoms with van der Waals surface area (Å²) in [6.45, 7) is 6.86. The Bertz CT molecular complexity index is 458. The van der Waals surface area contributed by atoms with Crippen molar-refractivity contribution in [3.63, 3.8) is 0 Å². The second kappa shape index (κ2) is 4.98. The van der Waals surface area contributed by atoms with Gasteiger partial charge in [-0.1, -0.05) is 0 Å². The topological polar surface area (TPSA) is 49.6 Å². The highest BCUT2D eigenvalue weighted by Crippen LogP contribution is 2.25. The molecular formula is C14H21N3O. The number of rotatable bonds is 2. The summed E-state index contributed by atoms with van der Waals surface area (Å²) in [5, 5.41) is 0. The van der Waals surface area contributed by atoms with Gasteiger partial charge < -0.3 is 15.5 Å². The molecule has 18 heavy (non-hydrogen) atoms. The Morgan fingerprint density at radius 1 is 1.39 bits per heavy atom. The molecule has 0 radical (unpaired) electrons. The number of nitrogens with zero attached hydrogens (tertiary/aromatic N) is 2. The molecule has 1 fully saturated rings. The number of carbonyl (C=O) groups is 1. The van der Waals surface area contributed by atoms with E-state index in [1.807, 2.05) is 18.2 Å². The minimum atomic E-state index is 0.0190. The van der Waals surface area contributed by atoms with Gasteiger partial charge in [-0.2, -0.15) is 0 Å². The van der Waals surface area contributed by atoms with E-state index in [-0.39, 0.29) is 5.78 Å². The third-order valence-corrected chi connectivity index (χ3v) is 3.58. The van der Waals surface area contributed by atoms with E-state index >= 15 is 0 Å². The van der Waals surface area contributed by atoms with Crippen LogP contribution in [0.5, 0.6) is 0 Å². The van der Waals surface area contributed by atoms with Crippen LogP contribution in [0, 0.1) is 0 Å². The number of carbonyl (C=O) groups excluding carboxylic acids is 1. The van der Waals surface area contributed by atoms with Gasteiger partial charge in [0.15, 0.2) is 5.78 Å². The molecule has 1 aromatic carbocycles. The highest BCUT2D eigenvalue weighted by Gasteiger charge is 2.22. The average Bonchev–Trinajstić information content (AvgIpc) is 2.28. The Morgan fingerprint density at radius 3 is 2.67 bits per heavy atom. The lowest BCUT2D eigenvalue weighted by atomic mass is 10.1. The zero-order chi connectivity index (χ0) is 13.3. The van der Waals surface area contributed by atoms with Gasteiger partial charge in [-0.3, -0.25) is 4.79 Å². The van der Waals surface area contributed by atoms with Crippen LogP contribution in [-0.2, 0) is 0 Å². The molecule has 4 heteroatoms. The smallest absolute Gasteiger partial charge is 0.161 e. The number of likely N-dealkylation sites (N-methyl/N-ethyl adjacent to an activating group) is 1. The quantitative estimate of drug-likeness (QED) is 0.637. The zero-order valence-corrected chi connectivity index (χ0v) is 11.3. The molecule has 0 aromatic heterocycles. The summed E-state index contributed by atoms with van der Waals surface area (Å²) >= 11 is 0. The molecule has 2 rings (SSSR count). The monoisotopic (exact) mass is 247 g/mol. The summed E-state index contributed by atoms with van der Waals surface area (Å²) in [7, 11) is 2.14. The van der Waals surface area contributed by atoms with Gasteiger partial charge in [-0.15, -0.1) is 0 Å². The van der Waals surface area contributed by atoms with Gasteiger partial charge in [-0.25, -0.2) is 0 Å². The highest BCUT2D eigenvalue weighted by molar-refractivity contribution is 5.99. The predicted octanol–water partition coefficient (Wildman–Crippen LogP) is 1.61. The number of nitrogen functional groups attached to an aromatic ring is 1. The molecule has 2 N–H and O–H groups in total. The van der Waals surface area contributed by atoms with Crippen LogP contribution in [0.4, 0.5) is 11.4 Å². The predicted molar refractivity (Wildman–Crippen MR) is 75.2 cm³/mol. The van der Waals surface area contributed by atoms with E-state index in [1.54, 1.807) is 6.92 Å². The number of ketones is 1. The molecule has 98 valence electrons. The number of hydrogen-bond acceptors (Lipinski definition) is 4. The Labute approximate surface area is 108 Å². The van der Waals surface area contributed by atoms with Crippen molar-refractivity contribution in [2.75, 3.05) is 37.3 Å². The Kier molecular flexibility index (Phi) is 3.57. The molecular weight excluding hydrogens is 226 g/mol. The first-order chi connectivity index (χ1) is 8.49. The van der Waals surface area contributed by atoms with Crippen LogP contribution in [0.1, 0.15) is 24.2 Å². The van der Waals surface area contributed by atoms with Gasteiger partial charge in [0, 0.05) is 42.6 Å². The van der Waals surface area contributed by atoms with E-state index in [9.17, 15) is 4.79 Å². The molecule has 4 nitrogen and oxygen atoms in total. The van der Waals surface area contributed by atoms with Gasteiger partial charge in [0.1, 0.15) is 0 Å². The lowest BCUT2D eigenvalue weighted by Crippen LogP contribution is -2.50. The van der Waals surface area contributed by atoms with Crippen molar-refractivity contribution in [2.45, 2.75) is 19.9 Å². The summed E-state index contributed by atoms with van der Waals surface area (Å²) in [5.41, 5.74) is 8.24. The number of piperazine rings is 1. The summed E-state index contributed by atoms with van der Waals surface area (Å²) in [6.07, 6.45) is 0. The van der Waals surface area contributed by atoms with E-state index in [0.717, 1.165) is 25.3 Å². The summed E-state index contributed by atoms with van der Waals surface area (Å²) in [5.74, 6) is 0.0190. The number of benzene rings is 1. The third kappa shape index (κ3) is 2.48. The van der Waals surface area contributed by atoms with Crippen LogP contribution in [-0.4, -0.2) is 43.4 Å². The average molecular weight is 247 g/mol. The van der Waals surface area contributed by atoms with Gasteiger partial charge in [-0.05, 0) is 39.1 Å². The maximum Gasteiger partial charge on any atom is 0.161 e. The summed E-state index contributed by atoms with van der Waals surface area (Å²) < 4.78 is 0. The van der Waals surface area contributed by atoms with Crippen LogP contribution in [0.2, 0.25) is 0 Å². The Hall–Kier alpha value is -1.55. The van der Waals surface area contributed by atoms with Crippen molar-refractivity contribution in [3.8, 4) is 0 Å². The lowest BCUT2D eigenvalue weighted by Gasteiger charge is -2.40. The first-order valence-corrected chi connectivity index (χ1v) is 6.34. The molecule has 1 aliphatic rings. The van der Waals surface area contributed by atoms with Crippen LogP contribution in [0.25, 0.3) is 0 Å². The Balaban J connectivity index is 2.24. The summed E-state index contributed by atoms with van der Waals surface area (Å²) in [6, 6.07) is 6.21. The molecule has 1 unspecified atom stereocenters. The first kappa shape index (κ1) is 12.9. The second-order valence-electron chi connectivity index (χ2n) is 5.13. The molecule has 1 aromatic rings. The van der Waals surface area contributed by atoms with Crippen molar-refractivity contribution in [1.82, 2.24) is 4.90 Å². The normalized spacial score (nSPS) is 21.1. The molecule has 0 amide bonds. The SMILES string of the molecule is CC(=O)c1ccc(N2CCN(C)CC2C)cc1N.